The first-order valence-corrected chi connectivity index (χ1v) is 13.1. The molecule has 1 fully saturated rings. The first-order valence-electron chi connectivity index (χ1n) is 10.6. The van der Waals surface area contributed by atoms with E-state index in [4.69, 9.17) is 13.8 Å². The zero-order valence-corrected chi connectivity index (χ0v) is 21.3. The van der Waals surface area contributed by atoms with E-state index in [1.54, 1.807) is 6.92 Å². The molecule has 2 aromatic heterocycles. The third-order valence-corrected chi connectivity index (χ3v) is 8.12. The predicted octanol–water partition coefficient (Wildman–Crippen LogP) is 1.65. The first-order chi connectivity index (χ1) is 15.9. The number of ether oxygens (including phenoxy) is 1. The molecular formula is C19H29FN5O7PS. The fraction of sp³-hybridized carbons (Fsp3) is 0.684. The van der Waals surface area contributed by atoms with Crippen molar-refractivity contribution in [3.8, 4) is 0 Å². The second-order valence-corrected chi connectivity index (χ2v) is 11.6. The molecule has 1 aliphatic heterocycles. The molecule has 2 N–H and O–H groups in total. The van der Waals surface area contributed by atoms with Crippen LogP contribution in [-0.2, 0) is 29.6 Å². The zero-order chi connectivity index (χ0) is 25.3. The number of alkyl halides is 1. The van der Waals surface area contributed by atoms with Crippen LogP contribution in [0, 0.1) is 0 Å². The Kier molecular flexibility index (Phi) is 8.33. The lowest BCUT2D eigenvalue weighted by molar-refractivity contribution is -0.109. The number of halogens is 1. The third-order valence-electron chi connectivity index (χ3n) is 5.38. The largest absolute Gasteiger partial charge is 0.407 e. The molecule has 1 aliphatic rings. The van der Waals surface area contributed by atoms with Gasteiger partial charge in [0, 0.05) is 19.1 Å². The highest BCUT2D eigenvalue weighted by atomic mass is 32.2. The van der Waals surface area contributed by atoms with Crippen LogP contribution in [0.2, 0.25) is 0 Å². The summed E-state index contributed by atoms with van der Waals surface area (Å²) in [6, 6.07) is 0. The summed E-state index contributed by atoms with van der Waals surface area (Å²) in [4.78, 5) is 34.2. The lowest BCUT2D eigenvalue weighted by Gasteiger charge is -2.28. The monoisotopic (exact) mass is 521 g/mol. The van der Waals surface area contributed by atoms with Gasteiger partial charge in [-0.3, -0.25) is 23.2 Å². The van der Waals surface area contributed by atoms with Gasteiger partial charge in [-0.25, -0.2) is 23.6 Å². The lowest BCUT2D eigenvalue weighted by Crippen LogP contribution is -2.44. The minimum Gasteiger partial charge on any atom is -0.384 e. The minimum absolute atomic E-state index is 0.0151. The minimum atomic E-state index is -3.80. The molecule has 0 radical (unpaired) electrons. The van der Waals surface area contributed by atoms with Crippen molar-refractivity contribution < 1.29 is 32.6 Å². The molecule has 2 unspecified atom stereocenters. The number of hydrogen-bond donors (Lipinski definition) is 2. The molecule has 5 atom stereocenters. The summed E-state index contributed by atoms with van der Waals surface area (Å²) >= 11 is 1.02. The number of hydrogen-bond acceptors (Lipinski definition) is 10. The van der Waals surface area contributed by atoms with Crippen LogP contribution in [0.4, 0.5) is 4.39 Å². The summed E-state index contributed by atoms with van der Waals surface area (Å²) in [6.45, 7) is 4.00. The topological polar surface area (TPSA) is 149 Å². The van der Waals surface area contributed by atoms with E-state index in [1.807, 2.05) is 0 Å². The summed E-state index contributed by atoms with van der Waals surface area (Å²) in [5.74, 6) is 0.675. The van der Waals surface area contributed by atoms with Crippen molar-refractivity contribution in [1.29, 1.82) is 0 Å². The maximum Gasteiger partial charge on any atom is 0.407 e. The summed E-state index contributed by atoms with van der Waals surface area (Å²) in [6.07, 6.45) is -2.83. The van der Waals surface area contributed by atoms with Crippen LogP contribution < -0.4 is 5.56 Å². The quantitative estimate of drug-likeness (QED) is 0.347. The second kappa shape index (κ2) is 10.5. The number of aryl methyl sites for hydroxylation is 1. The summed E-state index contributed by atoms with van der Waals surface area (Å²) < 4.78 is 47.6. The molecule has 0 bridgehead atoms. The fourth-order valence-electron chi connectivity index (χ4n) is 3.35. The number of nitrogens with one attached hydrogen (secondary N) is 1. The molecule has 12 nitrogen and oxygen atoms in total. The highest BCUT2D eigenvalue weighted by Gasteiger charge is 2.55. The normalized spacial score (nSPS) is 26.9. The maximum absolute atomic E-state index is 15.4. The van der Waals surface area contributed by atoms with Crippen molar-refractivity contribution in [3.05, 3.63) is 22.5 Å². The van der Waals surface area contributed by atoms with Gasteiger partial charge in [0.25, 0.3) is 5.56 Å². The Morgan fingerprint density at radius 1 is 1.47 bits per heavy atom. The van der Waals surface area contributed by atoms with Crippen LogP contribution in [0.3, 0.4) is 0 Å². The van der Waals surface area contributed by atoms with Crippen LogP contribution in [0.1, 0.15) is 32.8 Å². The molecule has 34 heavy (non-hydrogen) atoms. The molecule has 15 heteroatoms. The van der Waals surface area contributed by atoms with E-state index < -0.39 is 44.0 Å². The summed E-state index contributed by atoms with van der Waals surface area (Å²) in [5.41, 5.74) is -2.35. The number of rotatable bonds is 10. The molecular weight excluding hydrogens is 492 g/mol. The van der Waals surface area contributed by atoms with Crippen molar-refractivity contribution in [3.63, 3.8) is 0 Å². The molecule has 190 valence electrons. The van der Waals surface area contributed by atoms with Gasteiger partial charge in [-0.05, 0) is 21.0 Å². The van der Waals surface area contributed by atoms with E-state index in [0.29, 0.717) is 12.2 Å². The van der Waals surface area contributed by atoms with Crippen molar-refractivity contribution in [2.24, 2.45) is 0 Å². The van der Waals surface area contributed by atoms with Crippen LogP contribution >= 0.6 is 19.5 Å². The van der Waals surface area contributed by atoms with Crippen molar-refractivity contribution >= 4 is 35.8 Å². The van der Waals surface area contributed by atoms with Gasteiger partial charge in [-0.2, -0.15) is 0 Å². The Morgan fingerprint density at radius 2 is 2.18 bits per heavy atom. The number of thioether (sulfide) groups is 1. The van der Waals surface area contributed by atoms with E-state index in [9.17, 15) is 19.3 Å². The van der Waals surface area contributed by atoms with E-state index in [0.717, 1.165) is 11.8 Å². The van der Waals surface area contributed by atoms with Crippen LogP contribution in [0.15, 0.2) is 11.1 Å². The first kappa shape index (κ1) is 26.9. The predicted molar refractivity (Wildman–Crippen MR) is 123 cm³/mol. The molecule has 1 saturated heterocycles. The number of aliphatic hydroxyl groups is 1. The summed E-state index contributed by atoms with van der Waals surface area (Å²) in [5, 5.41) is 10.7. The number of carbonyl (C=O) groups is 1. The second-order valence-electron chi connectivity index (χ2n) is 8.12. The summed E-state index contributed by atoms with van der Waals surface area (Å²) in [7, 11) is -0.827. The fourth-order valence-corrected chi connectivity index (χ4v) is 5.11. The number of fused-ring (bicyclic) bond motifs is 1. The zero-order valence-electron chi connectivity index (χ0n) is 19.6. The van der Waals surface area contributed by atoms with Crippen LogP contribution in [0.5, 0.6) is 0 Å². The smallest absolute Gasteiger partial charge is 0.384 e. The molecule has 0 aromatic carbocycles. The number of imidazole rings is 1. The van der Waals surface area contributed by atoms with Gasteiger partial charge in [-0.1, -0.05) is 18.7 Å². The molecule has 0 aliphatic carbocycles. The third kappa shape index (κ3) is 5.43. The van der Waals surface area contributed by atoms with Crippen molar-refractivity contribution in [1.82, 2.24) is 24.2 Å². The van der Waals surface area contributed by atoms with Gasteiger partial charge in [0.1, 0.15) is 17.5 Å². The lowest BCUT2D eigenvalue weighted by atomic mass is 9.96. The van der Waals surface area contributed by atoms with Gasteiger partial charge in [0.05, 0.1) is 19.5 Å². The standard InChI is InChI=1S/C19H29FN5O7PS/c1-6-13-22-16-14(17(27)23-13)21-10-25(16)18-15(20)19(3,28)12(32-18)9-31-33(29,24(4)5)30-7-8-34-11(2)26/h10,12,15,18,28H,6-9H2,1-5H3,(H,22,23,27)/t12-,15-,18-,19?,33?/m1/s1. The maximum atomic E-state index is 15.4. The molecule has 0 spiro atoms. The van der Waals surface area contributed by atoms with Crippen molar-refractivity contribution in [2.75, 3.05) is 33.1 Å². The molecule has 3 heterocycles. The average molecular weight is 522 g/mol. The van der Waals surface area contributed by atoms with Gasteiger partial charge in [0.2, 0.25) is 0 Å². The Hall–Kier alpha value is -1.67. The molecule has 3 rings (SSSR count). The Morgan fingerprint density at radius 3 is 2.79 bits per heavy atom. The van der Waals surface area contributed by atoms with Crippen LogP contribution in [0.25, 0.3) is 11.2 Å². The van der Waals surface area contributed by atoms with Crippen molar-refractivity contribution in [2.45, 2.75) is 51.3 Å². The highest BCUT2D eigenvalue weighted by molar-refractivity contribution is 8.13. The Bertz CT molecular complexity index is 1140. The van der Waals surface area contributed by atoms with E-state index in [1.165, 1.54) is 43.5 Å². The number of aromatic nitrogens is 4. The van der Waals surface area contributed by atoms with Gasteiger partial charge < -0.3 is 14.8 Å². The van der Waals surface area contributed by atoms with Gasteiger partial charge in [0.15, 0.2) is 28.7 Å². The highest BCUT2D eigenvalue weighted by Crippen LogP contribution is 2.51. The van der Waals surface area contributed by atoms with Crippen LogP contribution in [-0.4, -0.2) is 85.3 Å². The Balaban J connectivity index is 1.78. The molecule has 0 amide bonds. The average Bonchev–Trinajstić information content (AvgIpc) is 3.28. The number of aromatic amines is 1. The van der Waals surface area contributed by atoms with E-state index in [-0.39, 0.29) is 28.6 Å². The molecule has 0 saturated carbocycles. The number of carbonyl (C=O) groups excluding carboxylic acids is 1. The number of H-pyrrole nitrogens is 1. The number of nitrogens with zero attached hydrogens (tertiary/aromatic N) is 4. The van der Waals surface area contributed by atoms with Gasteiger partial charge in [-0.15, -0.1) is 0 Å². The van der Waals surface area contributed by atoms with E-state index >= 15 is 4.39 Å². The molecule has 2 aromatic rings. The van der Waals surface area contributed by atoms with Gasteiger partial charge >= 0.3 is 7.75 Å². The SMILES string of the molecule is CCc1nc2c(ncn2[C@@H]2O[C@H](COP(=O)(OCCSC(C)=O)N(C)C)C(C)(O)[C@@H]2F)c(=O)[nH]1. The van der Waals surface area contributed by atoms with E-state index in [2.05, 4.69) is 15.0 Å². The Labute approximate surface area is 199 Å².